The zero-order valence-electron chi connectivity index (χ0n) is 33.2. The first kappa shape index (κ1) is 34.8. The van der Waals surface area contributed by atoms with Crippen LogP contribution in [0, 0.1) is 0 Å². The molecule has 2 nitrogen and oxygen atoms in total. The highest BCUT2D eigenvalue weighted by Crippen LogP contribution is 2.51. The Hall–Kier alpha value is -7.42. The third-order valence-corrected chi connectivity index (χ3v) is 12.4. The van der Waals surface area contributed by atoms with Crippen LogP contribution in [0.5, 0.6) is 0 Å². The molecule has 1 heterocycles. The van der Waals surface area contributed by atoms with Gasteiger partial charge in [-0.25, -0.2) is 0 Å². The Morgan fingerprint density at radius 2 is 0.864 bits per heavy atom. The van der Waals surface area contributed by atoms with E-state index in [9.17, 15) is 0 Å². The molecule has 0 fully saturated rings. The summed E-state index contributed by atoms with van der Waals surface area (Å²) in [6.45, 7) is 4.69. The number of hydrogen-bond donors (Lipinski definition) is 0. The van der Waals surface area contributed by atoms with E-state index in [0.717, 1.165) is 22.7 Å². The van der Waals surface area contributed by atoms with Crippen molar-refractivity contribution < 1.29 is 0 Å². The zero-order valence-corrected chi connectivity index (χ0v) is 33.2. The van der Waals surface area contributed by atoms with E-state index in [-0.39, 0.29) is 5.41 Å². The van der Waals surface area contributed by atoms with Crippen LogP contribution in [0.3, 0.4) is 0 Å². The largest absolute Gasteiger partial charge is 0.310 e. The van der Waals surface area contributed by atoms with Crippen LogP contribution < -0.4 is 4.90 Å². The first-order valence-electron chi connectivity index (χ1n) is 20.5. The quantitative estimate of drug-likeness (QED) is 0.157. The number of anilines is 3. The topological polar surface area (TPSA) is 8.17 Å². The Kier molecular flexibility index (Phi) is 8.20. The summed E-state index contributed by atoms with van der Waals surface area (Å²) < 4.78 is 2.41. The average molecular weight is 755 g/mol. The van der Waals surface area contributed by atoms with E-state index < -0.39 is 0 Å². The van der Waals surface area contributed by atoms with Crippen LogP contribution in [0.1, 0.15) is 25.0 Å². The van der Waals surface area contributed by atoms with E-state index in [1.165, 1.54) is 77.4 Å². The number of aromatic nitrogens is 1. The SMILES string of the molecule is CC1(C)c2ccccc2-c2cc(N(c3ccc(-c4ccccc4)cc3)c3cccc(-c4ccc5c6ccccc6n(-c6ccc(-c7ccccc7)cc6)c5c4)c3)ccc21. The van der Waals surface area contributed by atoms with E-state index in [1.807, 2.05) is 0 Å². The van der Waals surface area contributed by atoms with Gasteiger partial charge in [-0.15, -0.1) is 0 Å². The van der Waals surface area contributed by atoms with Crippen molar-refractivity contribution in [1.82, 2.24) is 4.57 Å². The molecule has 280 valence electrons. The van der Waals surface area contributed by atoms with Crippen molar-refractivity contribution in [3.8, 4) is 50.2 Å². The lowest BCUT2D eigenvalue weighted by Gasteiger charge is -2.28. The molecule has 2 heteroatoms. The highest BCUT2D eigenvalue weighted by Gasteiger charge is 2.35. The van der Waals surface area contributed by atoms with Gasteiger partial charge in [0.2, 0.25) is 0 Å². The van der Waals surface area contributed by atoms with Crippen molar-refractivity contribution in [3.63, 3.8) is 0 Å². The van der Waals surface area contributed by atoms with Gasteiger partial charge in [0.05, 0.1) is 11.0 Å². The van der Waals surface area contributed by atoms with Crippen molar-refractivity contribution in [2.75, 3.05) is 4.90 Å². The number of hydrogen-bond acceptors (Lipinski definition) is 1. The second-order valence-electron chi connectivity index (χ2n) is 16.2. The fraction of sp³-hybridized carbons (Fsp3) is 0.0526. The highest BCUT2D eigenvalue weighted by atomic mass is 15.1. The second-order valence-corrected chi connectivity index (χ2v) is 16.2. The molecule has 0 spiro atoms. The number of rotatable bonds is 7. The number of nitrogens with zero attached hydrogens (tertiary/aromatic N) is 2. The molecule has 0 unspecified atom stereocenters. The second kappa shape index (κ2) is 13.9. The molecule has 11 rings (SSSR count). The summed E-state index contributed by atoms with van der Waals surface area (Å²) in [5.41, 5.74) is 19.4. The van der Waals surface area contributed by atoms with E-state index in [2.05, 4.69) is 242 Å². The van der Waals surface area contributed by atoms with Gasteiger partial charge in [-0.2, -0.15) is 0 Å². The van der Waals surface area contributed by atoms with Crippen molar-refractivity contribution in [1.29, 1.82) is 0 Å². The Morgan fingerprint density at radius 1 is 0.339 bits per heavy atom. The lowest BCUT2D eigenvalue weighted by atomic mass is 9.82. The number of benzene rings is 9. The summed E-state index contributed by atoms with van der Waals surface area (Å²) in [6.07, 6.45) is 0. The Labute approximate surface area is 345 Å². The molecule has 0 saturated heterocycles. The maximum absolute atomic E-state index is 2.41. The molecule has 0 amide bonds. The predicted molar refractivity (Wildman–Crippen MR) is 249 cm³/mol. The maximum atomic E-state index is 2.41. The van der Waals surface area contributed by atoms with Gasteiger partial charge in [-0.05, 0) is 116 Å². The third-order valence-electron chi connectivity index (χ3n) is 12.4. The maximum Gasteiger partial charge on any atom is 0.0547 e. The van der Waals surface area contributed by atoms with Gasteiger partial charge < -0.3 is 9.47 Å². The summed E-state index contributed by atoms with van der Waals surface area (Å²) in [5, 5.41) is 2.50. The molecule has 0 aliphatic heterocycles. The summed E-state index contributed by atoms with van der Waals surface area (Å²) in [4.78, 5) is 2.41. The zero-order chi connectivity index (χ0) is 39.5. The molecule has 0 N–H and O–H groups in total. The minimum Gasteiger partial charge on any atom is -0.310 e. The van der Waals surface area contributed by atoms with Gasteiger partial charge in [0, 0.05) is 38.9 Å². The fourth-order valence-electron chi connectivity index (χ4n) is 9.41. The Morgan fingerprint density at radius 3 is 1.61 bits per heavy atom. The monoisotopic (exact) mass is 754 g/mol. The van der Waals surface area contributed by atoms with Crippen LogP contribution in [-0.2, 0) is 5.41 Å². The van der Waals surface area contributed by atoms with Crippen LogP contribution in [-0.4, -0.2) is 4.57 Å². The van der Waals surface area contributed by atoms with Gasteiger partial charge in [-0.3, -0.25) is 0 Å². The molecular formula is C57H42N2. The molecule has 10 aromatic rings. The molecule has 1 aromatic heterocycles. The molecule has 0 bridgehead atoms. The summed E-state index contributed by atoms with van der Waals surface area (Å²) >= 11 is 0. The summed E-state index contributed by atoms with van der Waals surface area (Å²) in [6, 6.07) is 79.8. The lowest BCUT2D eigenvalue weighted by molar-refractivity contribution is 0.660. The minimum absolute atomic E-state index is 0.0580. The Bertz CT molecular complexity index is 3150. The molecule has 59 heavy (non-hydrogen) atoms. The molecule has 0 atom stereocenters. The standard InChI is InChI=1S/C57H42N2/c1-57(2)53-22-11-9-20-49(53)52-38-48(33-35-54(52)57)58(45-29-24-41(25-30-45)39-14-5-3-6-15-39)47-19-13-18-43(36-47)44-28-34-51-50-21-10-12-23-55(50)59(56(51)37-44)46-31-26-42(27-32-46)40-16-7-4-8-17-40/h3-38H,1-2H3. The van der Waals surface area contributed by atoms with Crippen LogP contribution >= 0.6 is 0 Å². The van der Waals surface area contributed by atoms with Crippen molar-refractivity contribution >= 4 is 38.9 Å². The average Bonchev–Trinajstić information content (AvgIpc) is 3.75. The first-order valence-corrected chi connectivity index (χ1v) is 20.5. The van der Waals surface area contributed by atoms with Crippen LogP contribution in [0.2, 0.25) is 0 Å². The smallest absolute Gasteiger partial charge is 0.0547 e. The van der Waals surface area contributed by atoms with Gasteiger partial charge in [0.15, 0.2) is 0 Å². The van der Waals surface area contributed by atoms with Crippen molar-refractivity contribution in [2.45, 2.75) is 19.3 Å². The molecule has 9 aromatic carbocycles. The van der Waals surface area contributed by atoms with Crippen molar-refractivity contribution in [3.05, 3.63) is 230 Å². The molecular weight excluding hydrogens is 713 g/mol. The highest BCUT2D eigenvalue weighted by molar-refractivity contribution is 6.10. The molecule has 1 aliphatic rings. The van der Waals surface area contributed by atoms with E-state index >= 15 is 0 Å². The van der Waals surface area contributed by atoms with Gasteiger partial charge in [0.25, 0.3) is 0 Å². The molecule has 0 saturated carbocycles. The van der Waals surface area contributed by atoms with Gasteiger partial charge in [-0.1, -0.05) is 172 Å². The van der Waals surface area contributed by atoms with Gasteiger partial charge in [0.1, 0.15) is 0 Å². The van der Waals surface area contributed by atoms with E-state index in [4.69, 9.17) is 0 Å². The molecule has 0 radical (unpaired) electrons. The fourth-order valence-corrected chi connectivity index (χ4v) is 9.41. The van der Waals surface area contributed by atoms with E-state index in [1.54, 1.807) is 0 Å². The van der Waals surface area contributed by atoms with Crippen LogP contribution in [0.25, 0.3) is 72.0 Å². The number of para-hydroxylation sites is 1. The molecule has 1 aliphatic carbocycles. The number of fused-ring (bicyclic) bond motifs is 6. The minimum atomic E-state index is -0.0580. The van der Waals surface area contributed by atoms with Crippen LogP contribution in [0.4, 0.5) is 17.1 Å². The summed E-state index contributed by atoms with van der Waals surface area (Å²) in [7, 11) is 0. The summed E-state index contributed by atoms with van der Waals surface area (Å²) in [5.74, 6) is 0. The first-order chi connectivity index (χ1) is 29.0. The predicted octanol–water partition coefficient (Wildman–Crippen LogP) is 15.6. The van der Waals surface area contributed by atoms with E-state index in [0.29, 0.717) is 0 Å². The lowest BCUT2D eigenvalue weighted by Crippen LogP contribution is -2.15. The van der Waals surface area contributed by atoms with Crippen LogP contribution in [0.15, 0.2) is 218 Å². The third kappa shape index (κ3) is 5.87. The Balaban J connectivity index is 1.04. The van der Waals surface area contributed by atoms with Gasteiger partial charge >= 0.3 is 0 Å². The van der Waals surface area contributed by atoms with Crippen molar-refractivity contribution in [2.24, 2.45) is 0 Å². The normalized spacial score (nSPS) is 12.7.